The Bertz CT molecular complexity index is 297. The summed E-state index contributed by atoms with van der Waals surface area (Å²) in [5.74, 6) is 0.389. The van der Waals surface area contributed by atoms with Gasteiger partial charge in [-0.05, 0) is 13.8 Å². The van der Waals surface area contributed by atoms with Crippen LogP contribution in [0.2, 0.25) is 0 Å². The van der Waals surface area contributed by atoms with Gasteiger partial charge in [0.05, 0.1) is 18.7 Å². The van der Waals surface area contributed by atoms with Crippen molar-refractivity contribution in [1.82, 2.24) is 10.2 Å². The molecular weight excluding hydrogens is 184 g/mol. The molecule has 0 atom stereocenters. The van der Waals surface area contributed by atoms with Crippen molar-refractivity contribution in [2.45, 2.75) is 25.9 Å². The minimum atomic E-state index is -0.432. The SMILES string of the molecule is CN(c1nnc(CN)o1)C(C)(C)CO. The third-order valence-electron chi connectivity index (χ3n) is 2.21. The van der Waals surface area contributed by atoms with Crippen LogP contribution in [0.5, 0.6) is 0 Å². The molecule has 0 spiro atoms. The van der Waals surface area contributed by atoms with E-state index >= 15 is 0 Å². The molecule has 0 aliphatic heterocycles. The maximum absolute atomic E-state index is 9.13. The zero-order chi connectivity index (χ0) is 10.8. The highest BCUT2D eigenvalue weighted by Gasteiger charge is 2.26. The summed E-state index contributed by atoms with van der Waals surface area (Å²) >= 11 is 0. The highest BCUT2D eigenvalue weighted by atomic mass is 16.4. The molecule has 0 saturated carbocycles. The number of aromatic nitrogens is 2. The first-order valence-electron chi connectivity index (χ1n) is 4.38. The van der Waals surface area contributed by atoms with Crippen molar-refractivity contribution in [3.05, 3.63) is 5.89 Å². The molecule has 6 nitrogen and oxygen atoms in total. The summed E-state index contributed by atoms with van der Waals surface area (Å²) in [6, 6.07) is 0.365. The summed E-state index contributed by atoms with van der Waals surface area (Å²) in [6.07, 6.45) is 0. The average Bonchev–Trinajstić information content (AvgIpc) is 2.64. The molecule has 0 bridgehead atoms. The van der Waals surface area contributed by atoms with Gasteiger partial charge in [-0.1, -0.05) is 5.10 Å². The number of rotatable bonds is 4. The van der Waals surface area contributed by atoms with Crippen LogP contribution in [0.4, 0.5) is 6.01 Å². The highest BCUT2D eigenvalue weighted by molar-refractivity contribution is 5.27. The molecule has 6 heteroatoms. The van der Waals surface area contributed by atoms with Gasteiger partial charge in [-0.25, -0.2) is 0 Å². The number of aliphatic hydroxyl groups excluding tert-OH is 1. The molecule has 0 unspecified atom stereocenters. The lowest BCUT2D eigenvalue weighted by Gasteiger charge is -2.31. The lowest BCUT2D eigenvalue weighted by atomic mass is 10.1. The number of hydrogen-bond acceptors (Lipinski definition) is 6. The number of nitrogens with two attached hydrogens (primary N) is 1. The number of likely N-dealkylation sites (N-methyl/N-ethyl adjacent to an activating group) is 1. The van der Waals surface area contributed by atoms with Crippen molar-refractivity contribution in [3.8, 4) is 0 Å². The van der Waals surface area contributed by atoms with Gasteiger partial charge in [0.25, 0.3) is 0 Å². The van der Waals surface area contributed by atoms with Gasteiger partial charge in [-0.3, -0.25) is 0 Å². The minimum Gasteiger partial charge on any atom is -0.407 e. The van der Waals surface area contributed by atoms with E-state index in [4.69, 9.17) is 15.3 Å². The van der Waals surface area contributed by atoms with Crippen LogP contribution in [0.15, 0.2) is 4.42 Å². The second-order valence-electron chi connectivity index (χ2n) is 3.71. The summed E-state index contributed by atoms with van der Waals surface area (Å²) < 4.78 is 5.25. The van der Waals surface area contributed by atoms with Crippen LogP contribution < -0.4 is 10.6 Å². The van der Waals surface area contributed by atoms with Gasteiger partial charge in [0.1, 0.15) is 0 Å². The van der Waals surface area contributed by atoms with Crippen molar-refractivity contribution in [2.24, 2.45) is 5.73 Å². The highest BCUT2D eigenvalue weighted by Crippen LogP contribution is 2.19. The number of aliphatic hydroxyl groups is 1. The monoisotopic (exact) mass is 200 g/mol. The van der Waals surface area contributed by atoms with Crippen molar-refractivity contribution in [1.29, 1.82) is 0 Å². The van der Waals surface area contributed by atoms with E-state index in [1.807, 2.05) is 13.8 Å². The summed E-state index contributed by atoms with van der Waals surface area (Å²) in [5.41, 5.74) is 4.91. The average molecular weight is 200 g/mol. The molecule has 0 radical (unpaired) electrons. The molecule has 0 aromatic carbocycles. The zero-order valence-corrected chi connectivity index (χ0v) is 8.69. The fourth-order valence-electron chi connectivity index (χ4n) is 0.828. The molecular formula is C8H16N4O2. The molecule has 1 heterocycles. The fraction of sp³-hybridized carbons (Fsp3) is 0.750. The molecule has 80 valence electrons. The third-order valence-corrected chi connectivity index (χ3v) is 2.21. The standard InChI is InChI=1S/C8H16N4O2/c1-8(2,5-13)12(3)7-11-10-6(4-9)14-7/h13H,4-5,9H2,1-3H3. The second-order valence-corrected chi connectivity index (χ2v) is 3.71. The second kappa shape index (κ2) is 3.93. The van der Waals surface area contributed by atoms with Crippen LogP contribution in [-0.2, 0) is 6.54 Å². The van der Waals surface area contributed by atoms with Crippen LogP contribution >= 0.6 is 0 Å². The van der Waals surface area contributed by atoms with Crippen LogP contribution in [0.1, 0.15) is 19.7 Å². The summed E-state index contributed by atoms with van der Waals surface area (Å²) in [5, 5.41) is 16.7. The lowest BCUT2D eigenvalue weighted by molar-refractivity contribution is 0.211. The first kappa shape index (κ1) is 10.9. The third kappa shape index (κ3) is 2.02. The van der Waals surface area contributed by atoms with Crippen LogP contribution in [0.3, 0.4) is 0 Å². The van der Waals surface area contributed by atoms with E-state index in [9.17, 15) is 0 Å². The van der Waals surface area contributed by atoms with Gasteiger partial charge >= 0.3 is 6.01 Å². The molecule has 0 aliphatic rings. The maximum atomic E-state index is 9.13. The molecule has 1 rings (SSSR count). The van der Waals surface area contributed by atoms with Gasteiger partial charge in [0.2, 0.25) is 5.89 Å². The summed E-state index contributed by atoms with van der Waals surface area (Å²) in [6.45, 7) is 3.98. The molecule has 1 aromatic heterocycles. The Morgan fingerprint density at radius 1 is 1.50 bits per heavy atom. The lowest BCUT2D eigenvalue weighted by Crippen LogP contribution is -2.44. The van der Waals surface area contributed by atoms with E-state index in [0.29, 0.717) is 11.9 Å². The number of anilines is 1. The van der Waals surface area contributed by atoms with Crippen LogP contribution in [-0.4, -0.2) is 34.5 Å². The molecule has 0 saturated heterocycles. The summed E-state index contributed by atoms with van der Waals surface area (Å²) in [7, 11) is 1.78. The van der Waals surface area contributed by atoms with Gasteiger partial charge in [-0.15, -0.1) is 5.10 Å². The van der Waals surface area contributed by atoms with Gasteiger partial charge in [0.15, 0.2) is 0 Å². The van der Waals surface area contributed by atoms with Crippen molar-refractivity contribution in [2.75, 3.05) is 18.6 Å². The maximum Gasteiger partial charge on any atom is 0.318 e. The van der Waals surface area contributed by atoms with Crippen LogP contribution in [0, 0.1) is 0 Å². The Morgan fingerprint density at radius 3 is 2.57 bits per heavy atom. The predicted octanol–water partition coefficient (Wildman–Crippen LogP) is -0.265. The first-order valence-corrected chi connectivity index (χ1v) is 4.38. The largest absolute Gasteiger partial charge is 0.407 e. The Labute approximate surface area is 82.7 Å². The van der Waals surface area contributed by atoms with E-state index in [1.165, 1.54) is 0 Å². The Balaban J connectivity index is 2.83. The van der Waals surface area contributed by atoms with E-state index in [2.05, 4.69) is 10.2 Å². The molecule has 14 heavy (non-hydrogen) atoms. The predicted molar refractivity (Wildman–Crippen MR) is 51.8 cm³/mol. The first-order chi connectivity index (χ1) is 6.51. The normalized spacial score (nSPS) is 11.8. The van der Waals surface area contributed by atoms with Gasteiger partial charge in [0, 0.05) is 7.05 Å². The van der Waals surface area contributed by atoms with Gasteiger partial charge in [-0.2, -0.15) is 0 Å². The van der Waals surface area contributed by atoms with E-state index in [-0.39, 0.29) is 13.2 Å². The fourth-order valence-corrected chi connectivity index (χ4v) is 0.828. The molecule has 0 aliphatic carbocycles. The molecule has 3 N–H and O–H groups in total. The van der Waals surface area contributed by atoms with E-state index in [1.54, 1.807) is 11.9 Å². The zero-order valence-electron chi connectivity index (χ0n) is 8.69. The Hall–Kier alpha value is -1.14. The van der Waals surface area contributed by atoms with Crippen molar-refractivity contribution < 1.29 is 9.52 Å². The van der Waals surface area contributed by atoms with Crippen molar-refractivity contribution >= 4 is 6.01 Å². The topological polar surface area (TPSA) is 88.4 Å². The minimum absolute atomic E-state index is 0.00381. The molecule has 1 aromatic rings. The van der Waals surface area contributed by atoms with Crippen LogP contribution in [0.25, 0.3) is 0 Å². The quantitative estimate of drug-likeness (QED) is 0.696. The summed E-state index contributed by atoms with van der Waals surface area (Å²) in [4.78, 5) is 1.72. The Morgan fingerprint density at radius 2 is 2.14 bits per heavy atom. The van der Waals surface area contributed by atoms with E-state index < -0.39 is 5.54 Å². The molecule has 0 amide bonds. The molecule has 0 fully saturated rings. The Kier molecular flexibility index (Phi) is 3.07. The number of nitrogens with zero attached hydrogens (tertiary/aromatic N) is 3. The van der Waals surface area contributed by atoms with Crippen molar-refractivity contribution in [3.63, 3.8) is 0 Å². The van der Waals surface area contributed by atoms with Gasteiger partial charge < -0.3 is 20.2 Å². The smallest absolute Gasteiger partial charge is 0.318 e. The number of hydrogen-bond donors (Lipinski definition) is 2. The van der Waals surface area contributed by atoms with E-state index in [0.717, 1.165) is 0 Å².